The van der Waals surface area contributed by atoms with Crippen LogP contribution in [0.15, 0.2) is 42.5 Å². The third kappa shape index (κ3) is 19.1. The van der Waals surface area contributed by atoms with Gasteiger partial charge in [-0.15, -0.1) is 0 Å². The highest BCUT2D eigenvalue weighted by atomic mass is 32.2. The van der Waals surface area contributed by atoms with Crippen molar-refractivity contribution < 1.29 is 22.5 Å². The maximum Gasteiger partial charge on any atom is 0.305 e. The van der Waals surface area contributed by atoms with Crippen LogP contribution in [0, 0.1) is 0 Å². The van der Waals surface area contributed by atoms with E-state index in [1.165, 1.54) is 77.0 Å². The molecule has 0 heterocycles. The standard InChI is InChI=1S/C32H55NO5S/c1-4-5-6-7-8-9-10-11-12-13-14-15-16-17-21-24-31(34)38-27-25-33(26-28-39(35,36)37)32(29(2)3)30-22-19-18-20-23-30/h18-20,22-23,32H,2,4-17,21,24-28H2,1,3H3,(H,35,36,37). The van der Waals surface area contributed by atoms with E-state index in [0.29, 0.717) is 13.0 Å². The van der Waals surface area contributed by atoms with E-state index in [0.717, 1.165) is 30.4 Å². The SMILES string of the molecule is C=C(C)C(c1ccccc1)N(CCOC(=O)CCCCCCCCCCCCCCCCC)CCS(=O)(=O)O. The molecule has 1 aromatic carbocycles. The molecule has 0 aliphatic rings. The summed E-state index contributed by atoms with van der Waals surface area (Å²) in [5.74, 6) is -0.609. The number of hydrogen-bond donors (Lipinski definition) is 1. The lowest BCUT2D eigenvalue weighted by molar-refractivity contribution is -0.144. The van der Waals surface area contributed by atoms with Crippen LogP contribution in [0.2, 0.25) is 0 Å². The van der Waals surface area contributed by atoms with Gasteiger partial charge in [-0.25, -0.2) is 0 Å². The minimum Gasteiger partial charge on any atom is -0.464 e. The molecule has 1 N–H and O–H groups in total. The number of nitrogens with zero attached hydrogens (tertiary/aromatic N) is 1. The molecule has 0 aromatic heterocycles. The molecular weight excluding hydrogens is 510 g/mol. The number of esters is 1. The molecule has 0 aliphatic carbocycles. The van der Waals surface area contributed by atoms with E-state index in [-0.39, 0.29) is 25.2 Å². The van der Waals surface area contributed by atoms with Crippen LogP contribution in [-0.2, 0) is 19.6 Å². The Morgan fingerprint density at radius 1 is 0.846 bits per heavy atom. The summed E-state index contributed by atoms with van der Waals surface area (Å²) >= 11 is 0. The largest absolute Gasteiger partial charge is 0.464 e. The van der Waals surface area contributed by atoms with Gasteiger partial charge in [0.15, 0.2) is 0 Å². The van der Waals surface area contributed by atoms with Crippen molar-refractivity contribution in [2.75, 3.05) is 25.4 Å². The number of unbranched alkanes of at least 4 members (excludes halogenated alkanes) is 14. The zero-order valence-electron chi connectivity index (χ0n) is 24.7. The van der Waals surface area contributed by atoms with Gasteiger partial charge in [-0.1, -0.05) is 139 Å². The molecule has 0 saturated carbocycles. The zero-order chi connectivity index (χ0) is 28.8. The Kier molecular flexibility index (Phi) is 20.0. The van der Waals surface area contributed by atoms with Crippen LogP contribution in [0.5, 0.6) is 0 Å². The molecule has 0 fully saturated rings. The molecule has 7 heteroatoms. The van der Waals surface area contributed by atoms with Crippen LogP contribution >= 0.6 is 0 Å². The zero-order valence-corrected chi connectivity index (χ0v) is 25.6. The predicted molar refractivity (Wildman–Crippen MR) is 162 cm³/mol. The van der Waals surface area contributed by atoms with Gasteiger partial charge in [0.2, 0.25) is 0 Å². The Balaban J connectivity index is 2.21. The molecular formula is C32H55NO5S. The summed E-state index contributed by atoms with van der Waals surface area (Å²) in [6, 6.07) is 9.45. The predicted octanol–water partition coefficient (Wildman–Crippen LogP) is 8.30. The molecule has 0 amide bonds. The van der Waals surface area contributed by atoms with Gasteiger partial charge in [0.1, 0.15) is 6.61 Å². The average Bonchev–Trinajstić information content (AvgIpc) is 2.89. The minimum absolute atomic E-state index is 0.113. The normalized spacial score (nSPS) is 12.5. The third-order valence-corrected chi connectivity index (χ3v) is 7.91. The van der Waals surface area contributed by atoms with Crippen LogP contribution in [0.3, 0.4) is 0 Å². The van der Waals surface area contributed by atoms with Crippen molar-refractivity contribution in [2.24, 2.45) is 0 Å². The first-order valence-electron chi connectivity index (χ1n) is 15.3. The third-order valence-electron chi connectivity index (χ3n) is 7.21. The van der Waals surface area contributed by atoms with Gasteiger partial charge in [0, 0.05) is 19.5 Å². The quantitative estimate of drug-likeness (QED) is 0.0555. The van der Waals surface area contributed by atoms with E-state index in [4.69, 9.17) is 4.74 Å². The van der Waals surface area contributed by atoms with Crippen molar-refractivity contribution >= 4 is 16.1 Å². The molecule has 1 aromatic rings. The van der Waals surface area contributed by atoms with E-state index in [2.05, 4.69) is 13.5 Å². The fourth-order valence-corrected chi connectivity index (χ4v) is 5.50. The van der Waals surface area contributed by atoms with Gasteiger partial charge in [0.05, 0.1) is 11.8 Å². The van der Waals surface area contributed by atoms with Gasteiger partial charge in [-0.2, -0.15) is 8.42 Å². The number of carbonyl (C=O) groups is 1. The van der Waals surface area contributed by atoms with Crippen LogP contribution in [-0.4, -0.2) is 49.3 Å². The smallest absolute Gasteiger partial charge is 0.305 e. The van der Waals surface area contributed by atoms with Crippen molar-refractivity contribution in [1.29, 1.82) is 0 Å². The summed E-state index contributed by atoms with van der Waals surface area (Å²) in [6.07, 6.45) is 19.7. The van der Waals surface area contributed by atoms with E-state index >= 15 is 0 Å². The second kappa shape index (κ2) is 22.0. The van der Waals surface area contributed by atoms with Gasteiger partial charge in [0.25, 0.3) is 10.1 Å². The molecule has 39 heavy (non-hydrogen) atoms. The van der Waals surface area contributed by atoms with Gasteiger partial charge >= 0.3 is 5.97 Å². The Morgan fingerprint density at radius 2 is 1.33 bits per heavy atom. The van der Waals surface area contributed by atoms with Crippen LogP contribution in [0.4, 0.5) is 0 Å². The number of hydrogen-bond acceptors (Lipinski definition) is 5. The Morgan fingerprint density at radius 3 is 1.79 bits per heavy atom. The topological polar surface area (TPSA) is 83.9 Å². The van der Waals surface area contributed by atoms with Crippen molar-refractivity contribution in [1.82, 2.24) is 4.90 Å². The number of ether oxygens (including phenoxy) is 1. The molecule has 0 bridgehead atoms. The molecule has 6 nitrogen and oxygen atoms in total. The lowest BCUT2D eigenvalue weighted by Crippen LogP contribution is -2.36. The molecule has 224 valence electrons. The molecule has 1 unspecified atom stereocenters. The van der Waals surface area contributed by atoms with Crippen LogP contribution in [0.1, 0.15) is 128 Å². The summed E-state index contributed by atoms with van der Waals surface area (Å²) in [5, 5.41) is 0. The van der Waals surface area contributed by atoms with Crippen molar-refractivity contribution in [3.05, 3.63) is 48.0 Å². The van der Waals surface area contributed by atoms with E-state index in [9.17, 15) is 17.8 Å². The molecule has 0 spiro atoms. The second-order valence-corrected chi connectivity index (χ2v) is 12.5. The summed E-state index contributed by atoms with van der Waals surface area (Å²) < 4.78 is 37.5. The molecule has 1 rings (SSSR count). The highest BCUT2D eigenvalue weighted by molar-refractivity contribution is 7.85. The van der Waals surface area contributed by atoms with E-state index < -0.39 is 15.9 Å². The first kappa shape index (κ1) is 35.3. The first-order chi connectivity index (χ1) is 18.7. The Bertz CT molecular complexity index is 872. The molecule has 1 atom stereocenters. The highest BCUT2D eigenvalue weighted by Gasteiger charge is 2.23. The van der Waals surface area contributed by atoms with Crippen molar-refractivity contribution in [3.63, 3.8) is 0 Å². The van der Waals surface area contributed by atoms with Gasteiger partial charge in [-0.3, -0.25) is 14.2 Å². The molecule has 0 saturated heterocycles. The summed E-state index contributed by atoms with van der Waals surface area (Å²) in [5.41, 5.74) is 1.82. The monoisotopic (exact) mass is 565 g/mol. The molecule has 0 aliphatic heterocycles. The van der Waals surface area contributed by atoms with Crippen molar-refractivity contribution in [3.8, 4) is 0 Å². The number of carbonyl (C=O) groups excluding carboxylic acids is 1. The summed E-state index contributed by atoms with van der Waals surface area (Å²) in [6.45, 7) is 8.87. The fraction of sp³-hybridized carbons (Fsp3) is 0.719. The Labute approximate surface area is 239 Å². The Hall–Kier alpha value is -1.70. The maximum absolute atomic E-state index is 12.3. The summed E-state index contributed by atoms with van der Waals surface area (Å²) in [7, 11) is -4.11. The highest BCUT2D eigenvalue weighted by Crippen LogP contribution is 2.27. The lowest BCUT2D eigenvalue weighted by atomic mass is 9.99. The minimum atomic E-state index is -4.11. The average molecular weight is 566 g/mol. The number of benzene rings is 1. The lowest BCUT2D eigenvalue weighted by Gasteiger charge is -2.32. The van der Waals surface area contributed by atoms with Crippen molar-refractivity contribution in [2.45, 2.75) is 123 Å². The first-order valence-corrected chi connectivity index (χ1v) is 16.9. The summed E-state index contributed by atoms with van der Waals surface area (Å²) in [4.78, 5) is 14.2. The maximum atomic E-state index is 12.3. The molecule has 0 radical (unpaired) electrons. The van der Waals surface area contributed by atoms with E-state index in [1.807, 2.05) is 42.2 Å². The van der Waals surface area contributed by atoms with Gasteiger partial charge in [-0.05, 0) is 18.9 Å². The second-order valence-electron chi connectivity index (χ2n) is 10.9. The van der Waals surface area contributed by atoms with Crippen LogP contribution < -0.4 is 0 Å². The van der Waals surface area contributed by atoms with Crippen LogP contribution in [0.25, 0.3) is 0 Å². The van der Waals surface area contributed by atoms with E-state index in [1.54, 1.807) is 0 Å². The van der Waals surface area contributed by atoms with Gasteiger partial charge < -0.3 is 4.74 Å². The fourth-order valence-electron chi connectivity index (χ4n) is 5.03. The number of rotatable bonds is 25.